The number of aromatic hydroxyl groups is 2. The number of carbonyl (C=O) groups is 1. The van der Waals surface area contributed by atoms with Crippen molar-refractivity contribution in [2.75, 3.05) is 6.54 Å². The fourth-order valence-electron chi connectivity index (χ4n) is 2.72. The van der Waals surface area contributed by atoms with Crippen LogP contribution in [0.3, 0.4) is 0 Å². The number of halogens is 2. The van der Waals surface area contributed by atoms with Gasteiger partial charge in [-0.15, -0.1) is 0 Å². The molecule has 3 rings (SSSR count). The first-order chi connectivity index (χ1) is 12.9. The molecule has 0 bridgehead atoms. The third-order valence-corrected chi connectivity index (χ3v) is 5.37. The van der Waals surface area contributed by atoms with E-state index >= 15 is 0 Å². The molecule has 0 aliphatic heterocycles. The van der Waals surface area contributed by atoms with Crippen LogP contribution in [-0.4, -0.2) is 28.4 Å². The van der Waals surface area contributed by atoms with Crippen molar-refractivity contribution in [3.63, 3.8) is 0 Å². The number of nitrogens with one attached hydrogen (secondary N) is 1. The van der Waals surface area contributed by atoms with Crippen LogP contribution in [0.5, 0.6) is 11.5 Å². The van der Waals surface area contributed by atoms with E-state index in [1.165, 1.54) is 0 Å². The van der Waals surface area contributed by atoms with E-state index in [9.17, 15) is 15.0 Å². The van der Waals surface area contributed by atoms with Gasteiger partial charge in [0.15, 0.2) is 0 Å². The number of phenols is 2. The Labute approximate surface area is 172 Å². The van der Waals surface area contributed by atoms with Crippen LogP contribution < -0.4 is 11.3 Å². The molecule has 3 aromatic rings. The molecule has 0 aliphatic rings. The lowest BCUT2D eigenvalue weighted by Gasteiger charge is -2.15. The molecule has 27 heavy (non-hydrogen) atoms. The van der Waals surface area contributed by atoms with Gasteiger partial charge in [-0.3, -0.25) is 15.2 Å². The van der Waals surface area contributed by atoms with Crippen LogP contribution in [0.4, 0.5) is 0 Å². The highest BCUT2D eigenvalue weighted by molar-refractivity contribution is 9.11. The van der Waals surface area contributed by atoms with Gasteiger partial charge in [0.1, 0.15) is 22.5 Å². The van der Waals surface area contributed by atoms with Gasteiger partial charge < -0.3 is 10.2 Å². The van der Waals surface area contributed by atoms with Crippen LogP contribution in [0.25, 0.3) is 10.8 Å². The van der Waals surface area contributed by atoms with Crippen LogP contribution in [0.1, 0.15) is 11.1 Å². The molecule has 6 nitrogen and oxygen atoms in total. The zero-order valence-electron chi connectivity index (χ0n) is 13.9. The molecule has 8 heteroatoms. The Bertz CT molecular complexity index is 1060. The lowest BCUT2D eigenvalue weighted by molar-refractivity contribution is -0.119. The first kappa shape index (κ1) is 19.3. The van der Waals surface area contributed by atoms with E-state index in [0.717, 1.165) is 16.3 Å². The highest BCUT2D eigenvalue weighted by atomic mass is 79.9. The molecule has 0 unspecified atom stereocenters. The minimum absolute atomic E-state index is 0.128. The molecule has 3 aromatic carbocycles. The second-order valence-corrected chi connectivity index (χ2v) is 7.32. The Hall–Kier alpha value is -2.42. The maximum Gasteiger partial charge on any atom is 0.255 e. The topological polar surface area (TPSA) is 108 Å². The summed E-state index contributed by atoms with van der Waals surface area (Å²) in [5.74, 6) is 4.37. The Kier molecular flexibility index (Phi) is 5.79. The first-order valence-corrected chi connectivity index (χ1v) is 9.45. The van der Waals surface area contributed by atoms with E-state index in [1.807, 2.05) is 47.9 Å². The largest absolute Gasteiger partial charge is 0.506 e. The van der Waals surface area contributed by atoms with E-state index in [2.05, 4.69) is 36.9 Å². The van der Waals surface area contributed by atoms with E-state index in [-0.39, 0.29) is 22.5 Å². The molecule has 0 heterocycles. The summed E-state index contributed by atoms with van der Waals surface area (Å²) >= 11 is 6.45. The molecule has 0 atom stereocenters. The van der Waals surface area contributed by atoms with Gasteiger partial charge in [-0.1, -0.05) is 42.5 Å². The van der Waals surface area contributed by atoms with Crippen molar-refractivity contribution < 1.29 is 15.0 Å². The second-order valence-electron chi connectivity index (χ2n) is 5.68. The molecule has 0 aliphatic carbocycles. The Morgan fingerprint density at radius 2 is 1.74 bits per heavy atom. The number of carbonyl (C=O) groups excluding carboxylic acids is 1. The Morgan fingerprint density at radius 1 is 1.04 bits per heavy atom. The van der Waals surface area contributed by atoms with E-state index in [0.29, 0.717) is 15.7 Å². The van der Waals surface area contributed by atoms with Gasteiger partial charge in [-0.05, 0) is 48.7 Å². The first-order valence-electron chi connectivity index (χ1n) is 7.86. The molecular formula is C19H15Br2N3O3. The molecule has 0 radical (unpaired) electrons. The quantitative estimate of drug-likeness (QED) is 0.193. The number of phenolic OH excluding ortho intramolecular Hbond substituents is 2. The van der Waals surface area contributed by atoms with Gasteiger partial charge in [0.2, 0.25) is 0 Å². The van der Waals surface area contributed by atoms with Crippen LogP contribution in [-0.2, 0) is 4.79 Å². The number of hydrogen-bond donors (Lipinski definition) is 4. The minimum atomic E-state index is -0.468. The maximum absolute atomic E-state index is 11.7. The number of hydrogen-bond acceptors (Lipinski definition) is 5. The maximum atomic E-state index is 11.7. The average Bonchev–Trinajstić information content (AvgIpc) is 2.69. The van der Waals surface area contributed by atoms with Crippen LogP contribution >= 0.6 is 31.9 Å². The number of rotatable bonds is 4. The minimum Gasteiger partial charge on any atom is -0.506 e. The van der Waals surface area contributed by atoms with Crippen LogP contribution in [0, 0.1) is 0 Å². The third kappa shape index (κ3) is 3.83. The van der Waals surface area contributed by atoms with Gasteiger partial charge in [-0.2, -0.15) is 0 Å². The molecule has 0 fully saturated rings. The normalized spacial score (nSPS) is 11.6. The lowest BCUT2D eigenvalue weighted by Crippen LogP contribution is -2.32. The Morgan fingerprint density at radius 3 is 2.48 bits per heavy atom. The fraction of sp³-hybridized carbons (Fsp3) is 0.0526. The van der Waals surface area contributed by atoms with E-state index in [1.54, 1.807) is 6.07 Å². The van der Waals surface area contributed by atoms with Crippen molar-refractivity contribution in [2.45, 2.75) is 0 Å². The molecule has 0 aromatic heterocycles. The number of benzene rings is 3. The van der Waals surface area contributed by atoms with Crippen molar-refractivity contribution in [1.29, 1.82) is 0 Å². The van der Waals surface area contributed by atoms with Crippen molar-refractivity contribution in [3.05, 3.63) is 68.6 Å². The lowest BCUT2D eigenvalue weighted by atomic mass is 9.95. The number of amides is 1. The fourth-order valence-corrected chi connectivity index (χ4v) is 3.84. The van der Waals surface area contributed by atoms with E-state index < -0.39 is 5.91 Å². The van der Waals surface area contributed by atoms with E-state index in [4.69, 9.17) is 5.84 Å². The Balaban J connectivity index is 2.29. The molecule has 5 N–H and O–H groups in total. The molecule has 0 saturated carbocycles. The summed E-state index contributed by atoms with van der Waals surface area (Å²) in [6, 6.07) is 15.0. The summed E-state index contributed by atoms with van der Waals surface area (Å²) in [7, 11) is 0. The summed E-state index contributed by atoms with van der Waals surface area (Å²) in [6.45, 7) is -0.218. The summed E-state index contributed by atoms with van der Waals surface area (Å²) in [5.41, 5.74) is 3.53. The van der Waals surface area contributed by atoms with Crippen molar-refractivity contribution in [3.8, 4) is 11.5 Å². The summed E-state index contributed by atoms with van der Waals surface area (Å²) in [4.78, 5) is 16.1. The number of nitrogens with zero attached hydrogens (tertiary/aromatic N) is 1. The highest BCUT2D eigenvalue weighted by Crippen LogP contribution is 2.42. The molecular weight excluding hydrogens is 478 g/mol. The summed E-state index contributed by atoms with van der Waals surface area (Å²) in [6.07, 6.45) is 0. The van der Waals surface area contributed by atoms with Crippen LogP contribution in [0.15, 0.2) is 62.5 Å². The van der Waals surface area contributed by atoms with Crippen LogP contribution in [0.2, 0.25) is 0 Å². The van der Waals surface area contributed by atoms with Gasteiger partial charge >= 0.3 is 0 Å². The smallest absolute Gasteiger partial charge is 0.255 e. The predicted molar refractivity (Wildman–Crippen MR) is 112 cm³/mol. The third-order valence-electron chi connectivity index (χ3n) is 4.01. The molecule has 138 valence electrons. The summed E-state index contributed by atoms with van der Waals surface area (Å²) < 4.78 is 0.501. The molecule has 0 saturated heterocycles. The van der Waals surface area contributed by atoms with Crippen molar-refractivity contribution in [1.82, 2.24) is 5.43 Å². The van der Waals surface area contributed by atoms with Gasteiger partial charge in [0, 0.05) is 11.1 Å². The van der Waals surface area contributed by atoms with Gasteiger partial charge in [0.25, 0.3) is 5.91 Å². The zero-order valence-corrected chi connectivity index (χ0v) is 17.1. The average molecular weight is 493 g/mol. The monoisotopic (exact) mass is 491 g/mol. The highest BCUT2D eigenvalue weighted by Gasteiger charge is 2.20. The number of aliphatic imine (C=N–C) groups is 1. The second kappa shape index (κ2) is 8.08. The molecule has 0 spiro atoms. The van der Waals surface area contributed by atoms with Crippen molar-refractivity contribution in [2.24, 2.45) is 10.8 Å². The number of nitrogens with two attached hydrogens (primary N) is 1. The SMILES string of the molecule is NNC(=O)CN=C(c1cc(Br)c(O)c(Br)c1O)c1cccc2ccccc12. The summed E-state index contributed by atoms with van der Waals surface area (Å²) in [5, 5.41) is 22.5. The standard InChI is InChI=1S/C19H15Br2N3O3/c20-14-8-13(18(26)16(21)19(14)27)17(23-9-15(25)24-22)12-7-3-5-10-4-1-2-6-11(10)12/h1-8,26-27H,9,22H2,(H,24,25). The van der Waals surface area contributed by atoms with Gasteiger partial charge in [-0.25, -0.2) is 5.84 Å². The molecule has 1 amide bonds. The number of fused-ring (bicyclic) bond motifs is 1. The van der Waals surface area contributed by atoms with Gasteiger partial charge in [0.05, 0.1) is 10.2 Å². The predicted octanol–water partition coefficient (Wildman–Crippen LogP) is 3.60. The van der Waals surface area contributed by atoms with Crippen molar-refractivity contribution >= 4 is 54.3 Å². The zero-order chi connectivity index (χ0) is 19.6. The number of hydrazine groups is 1.